The van der Waals surface area contributed by atoms with Gasteiger partial charge in [0.25, 0.3) is 0 Å². The number of carbonyl (C=O) groups is 1. The molecule has 1 aliphatic carbocycles. The van der Waals surface area contributed by atoms with Crippen molar-refractivity contribution in [3.8, 4) is 28.4 Å². The molecule has 0 amide bonds. The fourth-order valence-electron chi connectivity index (χ4n) is 6.49. The van der Waals surface area contributed by atoms with Crippen LogP contribution >= 0.6 is 0 Å². The van der Waals surface area contributed by atoms with Gasteiger partial charge in [-0.1, -0.05) is 67.5 Å². The van der Waals surface area contributed by atoms with Crippen LogP contribution in [-0.4, -0.2) is 68.8 Å². The summed E-state index contributed by atoms with van der Waals surface area (Å²) >= 11 is 0. The molecule has 2 aromatic carbocycles. The third-order valence-corrected chi connectivity index (χ3v) is 9.43. The molecule has 1 aliphatic heterocycles. The van der Waals surface area contributed by atoms with Gasteiger partial charge < -0.3 is 44.2 Å². The Bertz CT molecular complexity index is 1990. The van der Waals surface area contributed by atoms with E-state index in [-0.39, 0.29) is 33.4 Å². The van der Waals surface area contributed by atoms with E-state index in [9.17, 15) is 35.1 Å². The fraction of sp³-hybridized carbons (Fsp3) is 0.366. The maximum absolute atomic E-state index is 13.4. The minimum atomic E-state index is -1.67. The molecule has 0 radical (unpaired) electrons. The number of allylic oxidation sites excluding steroid dienone is 9. The average Bonchev–Trinajstić information content (AvgIpc) is 3.08. The van der Waals surface area contributed by atoms with Gasteiger partial charge in [-0.3, -0.25) is 4.79 Å². The summed E-state index contributed by atoms with van der Waals surface area (Å²) in [6.07, 6.45) is 8.62. The van der Waals surface area contributed by atoms with Gasteiger partial charge in [0.1, 0.15) is 58.9 Å². The molecule has 1 aromatic heterocycles. The van der Waals surface area contributed by atoms with Crippen LogP contribution in [0.25, 0.3) is 22.1 Å². The number of ether oxygens (including phenoxy) is 3. The second-order valence-corrected chi connectivity index (χ2v) is 14.0. The number of rotatable bonds is 10. The Balaban J connectivity index is 1.22. The van der Waals surface area contributed by atoms with E-state index in [4.69, 9.17) is 18.6 Å². The standard InChI is InChI=1S/C41H46O11/c1-23(11-16-30-25(3)10-7-17-41(30,4)5)8-6-9-24(2)18-34(44)50-27-14-12-26(13-15-27)29-22-49-32-20-28(19-31(43)35(32)36(29)45)51-40-39(48)38(47)37(46)33(21-42)52-40/h6,8-9,11-16,18-20,22,33,37-40,42-43,46-48H,7,10,17,21H2,1-5H3/b9-6+,16-11+,23-8+,24-18+/t33-,37-,38+,39-,40-/m1/s1. The van der Waals surface area contributed by atoms with E-state index in [1.165, 1.54) is 54.5 Å². The van der Waals surface area contributed by atoms with Crippen LogP contribution in [0.15, 0.2) is 111 Å². The predicted octanol–water partition coefficient (Wildman–Crippen LogP) is 5.78. The summed E-state index contributed by atoms with van der Waals surface area (Å²) in [7, 11) is 0. The molecular weight excluding hydrogens is 668 g/mol. The van der Waals surface area contributed by atoms with Gasteiger partial charge >= 0.3 is 5.97 Å². The largest absolute Gasteiger partial charge is 0.507 e. The van der Waals surface area contributed by atoms with E-state index in [1.807, 2.05) is 25.2 Å². The molecule has 0 bridgehead atoms. The maximum atomic E-state index is 13.4. The summed E-state index contributed by atoms with van der Waals surface area (Å²) in [6.45, 7) is 10.00. The normalized spacial score (nSPS) is 24.2. The van der Waals surface area contributed by atoms with E-state index in [2.05, 4.69) is 32.9 Å². The van der Waals surface area contributed by atoms with Crippen molar-refractivity contribution in [3.05, 3.63) is 112 Å². The molecule has 52 heavy (non-hydrogen) atoms. The Labute approximate surface area is 302 Å². The number of aliphatic hydroxyl groups is 4. The van der Waals surface area contributed by atoms with Crippen molar-refractivity contribution in [2.45, 2.75) is 84.6 Å². The summed E-state index contributed by atoms with van der Waals surface area (Å²) in [6, 6.07) is 8.65. The molecule has 0 spiro atoms. The van der Waals surface area contributed by atoms with Gasteiger partial charge in [0.05, 0.1) is 12.2 Å². The van der Waals surface area contributed by atoms with Crippen molar-refractivity contribution in [1.82, 2.24) is 0 Å². The minimum Gasteiger partial charge on any atom is -0.507 e. The van der Waals surface area contributed by atoms with Crippen LogP contribution < -0.4 is 14.9 Å². The highest BCUT2D eigenvalue weighted by Gasteiger charge is 2.44. The van der Waals surface area contributed by atoms with Gasteiger partial charge in [0, 0.05) is 18.2 Å². The summed E-state index contributed by atoms with van der Waals surface area (Å²) < 4.78 is 22.0. The van der Waals surface area contributed by atoms with Crippen LogP contribution in [-0.2, 0) is 9.53 Å². The summed E-state index contributed by atoms with van der Waals surface area (Å²) in [5, 5.41) is 50.3. The topological polar surface area (TPSA) is 176 Å². The Kier molecular flexibility index (Phi) is 12.0. The first kappa shape index (κ1) is 38.5. The first-order valence-electron chi connectivity index (χ1n) is 17.2. The highest BCUT2D eigenvalue weighted by molar-refractivity contribution is 5.88. The maximum Gasteiger partial charge on any atom is 0.336 e. The van der Waals surface area contributed by atoms with Gasteiger partial charge in [-0.15, -0.1) is 0 Å². The van der Waals surface area contributed by atoms with Gasteiger partial charge in [0.15, 0.2) is 0 Å². The van der Waals surface area contributed by atoms with Crippen molar-refractivity contribution in [2.24, 2.45) is 5.41 Å². The van der Waals surface area contributed by atoms with Crippen LogP contribution in [0.1, 0.15) is 53.9 Å². The molecule has 5 rings (SSSR count). The van der Waals surface area contributed by atoms with Gasteiger partial charge in [-0.2, -0.15) is 0 Å². The number of phenolic OH excluding ortho intramolecular Hbond substituents is 1. The lowest BCUT2D eigenvalue weighted by atomic mass is 9.72. The zero-order valence-electron chi connectivity index (χ0n) is 29.9. The molecule has 5 N–H and O–H groups in total. The number of fused-ring (bicyclic) bond motifs is 1. The monoisotopic (exact) mass is 714 g/mol. The van der Waals surface area contributed by atoms with Crippen molar-refractivity contribution in [1.29, 1.82) is 0 Å². The fourth-order valence-corrected chi connectivity index (χ4v) is 6.49. The van der Waals surface area contributed by atoms with E-state index in [0.29, 0.717) is 11.1 Å². The molecule has 1 fully saturated rings. The Morgan fingerprint density at radius 2 is 1.73 bits per heavy atom. The molecule has 3 aromatic rings. The number of benzene rings is 2. The van der Waals surface area contributed by atoms with Crippen molar-refractivity contribution in [3.63, 3.8) is 0 Å². The van der Waals surface area contributed by atoms with Gasteiger partial charge in [-0.05, 0) is 74.3 Å². The Morgan fingerprint density at radius 3 is 2.42 bits per heavy atom. The van der Waals surface area contributed by atoms with Crippen LogP contribution in [0.5, 0.6) is 17.2 Å². The molecule has 0 unspecified atom stereocenters. The first-order valence-corrected chi connectivity index (χ1v) is 17.2. The molecule has 11 nitrogen and oxygen atoms in total. The summed E-state index contributed by atoms with van der Waals surface area (Å²) in [5.41, 5.74) is 4.83. The Morgan fingerprint density at radius 1 is 1.00 bits per heavy atom. The zero-order chi connectivity index (χ0) is 37.7. The lowest BCUT2D eigenvalue weighted by Gasteiger charge is -2.39. The number of carbonyl (C=O) groups excluding carboxylic acids is 1. The minimum absolute atomic E-state index is 0.0339. The molecule has 276 valence electrons. The Hall–Kier alpha value is -4.78. The second kappa shape index (κ2) is 16.3. The second-order valence-electron chi connectivity index (χ2n) is 14.0. The van der Waals surface area contributed by atoms with E-state index >= 15 is 0 Å². The zero-order valence-corrected chi connectivity index (χ0v) is 29.9. The predicted molar refractivity (Wildman–Crippen MR) is 196 cm³/mol. The number of hydrogen-bond donors (Lipinski definition) is 5. The molecule has 2 heterocycles. The molecule has 0 saturated carbocycles. The third kappa shape index (κ3) is 8.80. The third-order valence-electron chi connectivity index (χ3n) is 9.43. The average molecular weight is 715 g/mol. The van der Waals surface area contributed by atoms with Gasteiger partial charge in [-0.25, -0.2) is 4.79 Å². The van der Waals surface area contributed by atoms with Crippen molar-refractivity contribution in [2.75, 3.05) is 6.61 Å². The molecule has 2 aliphatic rings. The summed E-state index contributed by atoms with van der Waals surface area (Å²) in [5.74, 6) is -0.842. The highest BCUT2D eigenvalue weighted by Crippen LogP contribution is 2.41. The quantitative estimate of drug-likeness (QED) is 0.0745. The number of phenols is 1. The molecule has 5 atom stereocenters. The van der Waals surface area contributed by atoms with Crippen molar-refractivity contribution >= 4 is 16.9 Å². The number of hydrogen-bond acceptors (Lipinski definition) is 11. The SMILES string of the molecule is CC1=C(/C=C/C(C)=C/C=C/C(C)=C/C(=O)Oc2ccc(-c3coc4cc(O[C@@H]5O[C@H](CO)[C@@H](O)[C@H](O)[C@H]5O)cc(O)c4c3=O)cc2)C(C)(C)CCC1. The molecule has 1 saturated heterocycles. The smallest absolute Gasteiger partial charge is 0.336 e. The van der Waals surface area contributed by atoms with E-state index < -0.39 is 54.5 Å². The van der Waals surface area contributed by atoms with E-state index in [0.717, 1.165) is 18.1 Å². The van der Waals surface area contributed by atoms with Crippen molar-refractivity contribution < 1.29 is 49.0 Å². The van der Waals surface area contributed by atoms with Crippen LogP contribution in [0.2, 0.25) is 0 Å². The molecule has 11 heteroatoms. The highest BCUT2D eigenvalue weighted by atomic mass is 16.7. The van der Waals surface area contributed by atoms with Crippen LogP contribution in [0.4, 0.5) is 0 Å². The number of aromatic hydroxyl groups is 1. The molecular formula is C41H46O11. The van der Waals surface area contributed by atoms with Crippen LogP contribution in [0, 0.1) is 5.41 Å². The first-order chi connectivity index (χ1) is 24.7. The lowest BCUT2D eigenvalue weighted by molar-refractivity contribution is -0.277. The van der Waals surface area contributed by atoms with E-state index in [1.54, 1.807) is 19.1 Å². The summed E-state index contributed by atoms with van der Waals surface area (Å²) in [4.78, 5) is 26.0. The number of aliphatic hydroxyl groups excluding tert-OH is 4. The van der Waals surface area contributed by atoms with Gasteiger partial charge in [0.2, 0.25) is 11.7 Å². The van der Waals surface area contributed by atoms with Crippen LogP contribution in [0.3, 0.4) is 0 Å². The lowest BCUT2D eigenvalue weighted by Crippen LogP contribution is -2.60. The number of esters is 1.